The number of benzene rings is 1. The van der Waals surface area contributed by atoms with Crippen LogP contribution in [0, 0.1) is 0 Å². The largest absolute Gasteiger partial charge is 0.494 e. The highest BCUT2D eigenvalue weighted by Crippen LogP contribution is 2.13. The predicted molar refractivity (Wildman–Crippen MR) is 86.3 cm³/mol. The van der Waals surface area contributed by atoms with E-state index in [0.29, 0.717) is 18.7 Å². The van der Waals surface area contributed by atoms with Crippen LogP contribution in [0.2, 0.25) is 0 Å². The minimum Gasteiger partial charge on any atom is -0.494 e. The molecule has 1 unspecified atom stereocenters. The molecule has 0 aromatic heterocycles. The molecule has 0 spiro atoms. The summed E-state index contributed by atoms with van der Waals surface area (Å²) in [6, 6.07) is 6.80. The molecule has 0 saturated carbocycles. The number of aliphatic hydroxyl groups is 1. The zero-order valence-corrected chi connectivity index (χ0v) is 13.9. The van der Waals surface area contributed by atoms with E-state index in [4.69, 9.17) is 9.47 Å². The molecule has 22 heavy (non-hydrogen) atoms. The lowest BCUT2D eigenvalue weighted by molar-refractivity contribution is 0.0247. The molecule has 0 amide bonds. The molecule has 0 aliphatic carbocycles. The molecule has 1 rings (SSSR count). The Balaban J connectivity index is 2.38. The maximum atomic E-state index is 11.9. The van der Waals surface area contributed by atoms with Crippen LogP contribution in [0.3, 0.4) is 0 Å². The van der Waals surface area contributed by atoms with Gasteiger partial charge in [-0.05, 0) is 51.5 Å². The first-order chi connectivity index (χ1) is 10.3. The molecule has 1 atom stereocenters. The van der Waals surface area contributed by atoms with Gasteiger partial charge in [0.1, 0.15) is 18.5 Å². The van der Waals surface area contributed by atoms with E-state index in [1.807, 2.05) is 27.7 Å². The van der Waals surface area contributed by atoms with Crippen LogP contribution in [0.15, 0.2) is 24.3 Å². The first-order valence-corrected chi connectivity index (χ1v) is 7.65. The molecule has 0 radical (unpaired) electrons. The van der Waals surface area contributed by atoms with Gasteiger partial charge in [0.2, 0.25) is 0 Å². The van der Waals surface area contributed by atoms with Crippen molar-refractivity contribution in [2.75, 3.05) is 19.8 Å². The summed E-state index contributed by atoms with van der Waals surface area (Å²) in [5.74, 6) is 0.282. The van der Waals surface area contributed by atoms with Crippen molar-refractivity contribution in [3.05, 3.63) is 29.8 Å². The maximum absolute atomic E-state index is 11.9. The van der Waals surface area contributed by atoms with Crippen LogP contribution >= 0.6 is 0 Å². The third-order valence-corrected chi connectivity index (χ3v) is 2.84. The highest BCUT2D eigenvalue weighted by atomic mass is 16.5. The Morgan fingerprint density at radius 3 is 2.45 bits per heavy atom. The number of hydrogen-bond donors (Lipinski definition) is 2. The molecular formula is C17H27NO4. The Morgan fingerprint density at radius 1 is 1.27 bits per heavy atom. The predicted octanol–water partition coefficient (Wildman–Crippen LogP) is 2.38. The van der Waals surface area contributed by atoms with Crippen molar-refractivity contribution in [3.8, 4) is 5.75 Å². The topological polar surface area (TPSA) is 67.8 Å². The van der Waals surface area contributed by atoms with Gasteiger partial charge in [0, 0.05) is 12.1 Å². The summed E-state index contributed by atoms with van der Waals surface area (Å²) in [6.07, 6.45) is 0.208. The molecule has 0 aliphatic heterocycles. The van der Waals surface area contributed by atoms with E-state index in [9.17, 15) is 9.90 Å². The average molecular weight is 309 g/mol. The number of β-amino-alcohol motifs (C(OH)–C–C–N with tert-alkyl or cyclic N) is 1. The summed E-state index contributed by atoms with van der Waals surface area (Å²) in [5, 5.41) is 12.9. The average Bonchev–Trinajstić information content (AvgIpc) is 2.48. The van der Waals surface area contributed by atoms with Crippen LogP contribution in [0.25, 0.3) is 0 Å². The van der Waals surface area contributed by atoms with Crippen LogP contribution < -0.4 is 10.1 Å². The molecule has 0 aliphatic rings. The van der Waals surface area contributed by atoms with Gasteiger partial charge in [-0.15, -0.1) is 0 Å². The van der Waals surface area contributed by atoms with E-state index < -0.39 is 12.1 Å². The van der Waals surface area contributed by atoms with E-state index in [1.54, 1.807) is 24.3 Å². The molecule has 124 valence electrons. The van der Waals surface area contributed by atoms with Gasteiger partial charge in [0.05, 0.1) is 12.2 Å². The van der Waals surface area contributed by atoms with Crippen molar-refractivity contribution in [2.24, 2.45) is 0 Å². The van der Waals surface area contributed by atoms with Crippen LogP contribution in [-0.2, 0) is 4.74 Å². The molecule has 0 fully saturated rings. The Hall–Kier alpha value is -1.59. The smallest absolute Gasteiger partial charge is 0.338 e. The van der Waals surface area contributed by atoms with Gasteiger partial charge in [-0.1, -0.05) is 6.92 Å². The SMILES string of the molecule is CCCOc1ccc(C(=O)OCC(O)CNC(C)(C)C)cc1. The van der Waals surface area contributed by atoms with Crippen molar-refractivity contribution in [1.29, 1.82) is 0 Å². The number of carbonyl (C=O) groups is 1. The molecule has 5 nitrogen and oxygen atoms in total. The third-order valence-electron chi connectivity index (χ3n) is 2.84. The zero-order chi connectivity index (χ0) is 16.6. The Morgan fingerprint density at radius 2 is 1.91 bits per heavy atom. The van der Waals surface area contributed by atoms with Crippen LogP contribution in [0.4, 0.5) is 0 Å². The number of hydrogen-bond acceptors (Lipinski definition) is 5. The zero-order valence-electron chi connectivity index (χ0n) is 13.9. The summed E-state index contributed by atoms with van der Waals surface area (Å²) >= 11 is 0. The van der Waals surface area contributed by atoms with Gasteiger partial charge in [0.15, 0.2) is 0 Å². The second kappa shape index (κ2) is 8.76. The minimum absolute atomic E-state index is 0.0317. The number of carbonyl (C=O) groups excluding carboxylic acids is 1. The molecule has 1 aromatic rings. The van der Waals surface area contributed by atoms with E-state index in [1.165, 1.54) is 0 Å². The standard InChI is InChI=1S/C17H27NO4/c1-5-10-21-15-8-6-13(7-9-15)16(20)22-12-14(19)11-18-17(2,3)4/h6-9,14,18-19H,5,10-12H2,1-4H3. The number of aliphatic hydroxyl groups excluding tert-OH is 1. The lowest BCUT2D eigenvalue weighted by atomic mass is 10.1. The number of esters is 1. The number of ether oxygens (including phenoxy) is 2. The van der Waals surface area contributed by atoms with Crippen LogP contribution in [0.5, 0.6) is 5.75 Å². The normalized spacial score (nSPS) is 12.8. The first kappa shape index (κ1) is 18.5. The fourth-order valence-corrected chi connectivity index (χ4v) is 1.65. The van der Waals surface area contributed by atoms with Crippen molar-refractivity contribution < 1.29 is 19.4 Å². The van der Waals surface area contributed by atoms with Crippen LogP contribution in [-0.4, -0.2) is 42.5 Å². The monoisotopic (exact) mass is 309 g/mol. The van der Waals surface area contributed by atoms with Gasteiger partial charge in [-0.3, -0.25) is 0 Å². The fourth-order valence-electron chi connectivity index (χ4n) is 1.65. The molecule has 5 heteroatoms. The van der Waals surface area contributed by atoms with Crippen molar-refractivity contribution in [1.82, 2.24) is 5.32 Å². The van der Waals surface area contributed by atoms with Crippen molar-refractivity contribution in [2.45, 2.75) is 45.8 Å². The third kappa shape index (κ3) is 7.43. The molecular weight excluding hydrogens is 282 g/mol. The lowest BCUT2D eigenvalue weighted by Gasteiger charge is -2.22. The number of nitrogens with one attached hydrogen (secondary N) is 1. The van der Waals surface area contributed by atoms with Gasteiger partial charge in [-0.2, -0.15) is 0 Å². The summed E-state index contributed by atoms with van der Waals surface area (Å²) in [5.41, 5.74) is 0.360. The van der Waals surface area contributed by atoms with Crippen molar-refractivity contribution in [3.63, 3.8) is 0 Å². The Labute approximate surface area is 132 Å². The van der Waals surface area contributed by atoms with E-state index in [0.717, 1.165) is 12.2 Å². The molecule has 0 heterocycles. The lowest BCUT2D eigenvalue weighted by Crippen LogP contribution is -2.42. The van der Waals surface area contributed by atoms with Gasteiger partial charge >= 0.3 is 5.97 Å². The molecule has 0 bridgehead atoms. The summed E-state index contributed by atoms with van der Waals surface area (Å²) in [6.45, 7) is 9.05. The van der Waals surface area contributed by atoms with Crippen LogP contribution in [0.1, 0.15) is 44.5 Å². The highest BCUT2D eigenvalue weighted by molar-refractivity contribution is 5.89. The quantitative estimate of drug-likeness (QED) is 0.722. The Kier molecular flexibility index (Phi) is 7.35. The molecule has 0 saturated heterocycles. The molecule has 1 aromatic carbocycles. The minimum atomic E-state index is -0.727. The summed E-state index contributed by atoms with van der Waals surface area (Å²) < 4.78 is 10.6. The molecule has 2 N–H and O–H groups in total. The van der Waals surface area contributed by atoms with Gasteiger partial charge in [-0.25, -0.2) is 4.79 Å². The maximum Gasteiger partial charge on any atom is 0.338 e. The summed E-state index contributed by atoms with van der Waals surface area (Å²) in [7, 11) is 0. The van der Waals surface area contributed by atoms with E-state index >= 15 is 0 Å². The second-order valence-corrected chi connectivity index (χ2v) is 6.26. The van der Waals surface area contributed by atoms with Gasteiger partial charge in [0.25, 0.3) is 0 Å². The number of rotatable bonds is 8. The fraction of sp³-hybridized carbons (Fsp3) is 0.588. The first-order valence-electron chi connectivity index (χ1n) is 7.65. The summed E-state index contributed by atoms with van der Waals surface area (Å²) in [4.78, 5) is 11.9. The second-order valence-electron chi connectivity index (χ2n) is 6.26. The Bertz CT molecular complexity index is 451. The van der Waals surface area contributed by atoms with E-state index in [2.05, 4.69) is 5.32 Å². The highest BCUT2D eigenvalue weighted by Gasteiger charge is 2.14. The van der Waals surface area contributed by atoms with E-state index in [-0.39, 0.29) is 12.1 Å². The van der Waals surface area contributed by atoms with Gasteiger partial charge < -0.3 is 19.9 Å². The van der Waals surface area contributed by atoms with Crippen molar-refractivity contribution >= 4 is 5.97 Å².